The summed E-state index contributed by atoms with van der Waals surface area (Å²) in [6.07, 6.45) is 0.237. The second kappa shape index (κ2) is 9.61. The molecule has 0 saturated carbocycles. The summed E-state index contributed by atoms with van der Waals surface area (Å²) in [7, 11) is 0. The number of carbonyl (C=O) groups is 1. The topological polar surface area (TPSA) is 70.8 Å². The van der Waals surface area contributed by atoms with Gasteiger partial charge in [0.25, 0.3) is 0 Å². The van der Waals surface area contributed by atoms with Gasteiger partial charge in [0.2, 0.25) is 0 Å². The maximum atomic E-state index is 12.7. The maximum Gasteiger partial charge on any atom is 0.307 e. The molecule has 1 aliphatic rings. The van der Waals surface area contributed by atoms with Gasteiger partial charge in [-0.15, -0.1) is 0 Å². The van der Waals surface area contributed by atoms with Crippen molar-refractivity contribution in [3.8, 4) is 22.8 Å². The third-order valence-electron chi connectivity index (χ3n) is 5.54. The van der Waals surface area contributed by atoms with E-state index in [1.165, 1.54) is 0 Å². The van der Waals surface area contributed by atoms with Crippen LogP contribution in [0.3, 0.4) is 0 Å². The van der Waals surface area contributed by atoms with Crippen LogP contribution < -0.4 is 9.47 Å². The molecular weight excluding hydrogens is 418 g/mol. The molecule has 0 bridgehead atoms. The lowest BCUT2D eigenvalue weighted by atomic mass is 9.89. The van der Waals surface area contributed by atoms with Crippen LogP contribution in [0.2, 0.25) is 0 Å². The average molecular weight is 441 g/mol. The second-order valence-corrected chi connectivity index (χ2v) is 7.78. The highest BCUT2D eigenvalue weighted by molar-refractivity contribution is 5.71. The number of esters is 1. The summed E-state index contributed by atoms with van der Waals surface area (Å²) in [6, 6.07) is 27.3. The van der Waals surface area contributed by atoms with Gasteiger partial charge in [-0.1, -0.05) is 65.8 Å². The number of aromatic nitrogens is 1. The fourth-order valence-corrected chi connectivity index (χ4v) is 3.89. The molecule has 0 saturated heterocycles. The van der Waals surface area contributed by atoms with Crippen LogP contribution in [0.4, 0.5) is 0 Å². The predicted octanol–water partition coefficient (Wildman–Crippen LogP) is 5.38. The molecule has 0 fully saturated rings. The lowest BCUT2D eigenvalue weighted by Crippen LogP contribution is -2.15. The number of carbonyl (C=O) groups excluding carboxylic acids is 1. The van der Waals surface area contributed by atoms with Crippen LogP contribution in [-0.4, -0.2) is 24.3 Å². The number of nitrogens with zero attached hydrogens (tertiary/aromatic N) is 1. The smallest absolute Gasteiger partial charge is 0.307 e. The van der Waals surface area contributed by atoms with E-state index in [1.807, 2.05) is 78.9 Å². The van der Waals surface area contributed by atoms with E-state index in [9.17, 15) is 4.79 Å². The van der Waals surface area contributed by atoms with Crippen LogP contribution in [0.15, 0.2) is 89.5 Å². The van der Waals surface area contributed by atoms with Crippen LogP contribution in [0, 0.1) is 0 Å². The van der Waals surface area contributed by atoms with Gasteiger partial charge >= 0.3 is 5.97 Å². The van der Waals surface area contributed by atoms with E-state index < -0.39 is 0 Å². The summed E-state index contributed by atoms with van der Waals surface area (Å²) in [5, 5.41) is 4.05. The molecule has 4 aromatic rings. The van der Waals surface area contributed by atoms with Gasteiger partial charge in [-0.3, -0.25) is 4.79 Å². The summed E-state index contributed by atoms with van der Waals surface area (Å²) in [4.78, 5) is 12.7. The SMILES string of the molecule is O=C(CC(c1ccccc1)c1ccccc1)OCc1cc(-c2ccc3c(c2)OCCO3)on1. The van der Waals surface area contributed by atoms with E-state index >= 15 is 0 Å². The molecule has 0 radical (unpaired) electrons. The quantitative estimate of drug-likeness (QED) is 0.359. The molecule has 3 aromatic carbocycles. The fourth-order valence-electron chi connectivity index (χ4n) is 3.89. The van der Waals surface area contributed by atoms with Crippen molar-refractivity contribution in [2.24, 2.45) is 0 Å². The van der Waals surface area contributed by atoms with Crippen LogP contribution >= 0.6 is 0 Å². The third-order valence-corrected chi connectivity index (χ3v) is 5.54. The molecular formula is C27H23NO5. The first-order valence-electron chi connectivity index (χ1n) is 10.9. The monoisotopic (exact) mass is 441 g/mol. The zero-order valence-electron chi connectivity index (χ0n) is 18.0. The van der Waals surface area contributed by atoms with Crippen molar-refractivity contribution in [3.05, 3.63) is 102 Å². The highest BCUT2D eigenvalue weighted by atomic mass is 16.6. The summed E-state index contributed by atoms with van der Waals surface area (Å²) in [5.74, 6) is 1.59. The van der Waals surface area contributed by atoms with Gasteiger partial charge < -0.3 is 18.7 Å². The van der Waals surface area contributed by atoms with E-state index in [1.54, 1.807) is 6.07 Å². The van der Waals surface area contributed by atoms with Crippen molar-refractivity contribution in [2.45, 2.75) is 18.9 Å². The summed E-state index contributed by atoms with van der Waals surface area (Å²) in [5.41, 5.74) is 3.51. The van der Waals surface area contributed by atoms with E-state index in [0.717, 1.165) is 16.7 Å². The minimum atomic E-state index is -0.295. The molecule has 2 heterocycles. The van der Waals surface area contributed by atoms with Crippen LogP contribution in [0.5, 0.6) is 11.5 Å². The Morgan fingerprint density at radius 3 is 2.21 bits per heavy atom. The Hall–Kier alpha value is -4.06. The molecule has 33 heavy (non-hydrogen) atoms. The molecule has 6 heteroatoms. The van der Waals surface area contributed by atoms with Gasteiger partial charge in [0.1, 0.15) is 25.5 Å². The van der Waals surface area contributed by atoms with Crippen molar-refractivity contribution in [1.29, 1.82) is 0 Å². The summed E-state index contributed by atoms with van der Waals surface area (Å²) >= 11 is 0. The molecule has 6 nitrogen and oxygen atoms in total. The molecule has 0 amide bonds. The first kappa shape index (κ1) is 20.8. The standard InChI is InChI=1S/C27H23NO5/c29-27(17-23(19-7-3-1-4-8-19)20-9-5-2-6-10-20)32-18-22-16-25(33-28-22)21-11-12-24-26(15-21)31-14-13-30-24/h1-12,15-16,23H,13-14,17-18H2. The molecule has 166 valence electrons. The molecule has 0 atom stereocenters. The van der Waals surface area contributed by atoms with Gasteiger partial charge in [-0.2, -0.15) is 0 Å². The summed E-state index contributed by atoms with van der Waals surface area (Å²) < 4.78 is 22.2. The molecule has 0 aliphatic carbocycles. The highest BCUT2D eigenvalue weighted by Gasteiger charge is 2.20. The number of ether oxygens (including phenoxy) is 3. The average Bonchev–Trinajstić information content (AvgIpc) is 3.36. The first-order valence-corrected chi connectivity index (χ1v) is 10.9. The third kappa shape index (κ3) is 4.90. The van der Waals surface area contributed by atoms with E-state index in [-0.39, 0.29) is 24.9 Å². The Morgan fingerprint density at radius 1 is 0.848 bits per heavy atom. The number of hydrogen-bond acceptors (Lipinski definition) is 6. The Morgan fingerprint density at radius 2 is 1.52 bits per heavy atom. The van der Waals surface area contributed by atoms with Crippen molar-refractivity contribution < 1.29 is 23.5 Å². The number of rotatable bonds is 7. The van der Waals surface area contributed by atoms with Gasteiger partial charge in [0, 0.05) is 17.5 Å². The van der Waals surface area contributed by atoms with Crippen LogP contribution in [0.1, 0.15) is 29.2 Å². The minimum Gasteiger partial charge on any atom is -0.486 e. The predicted molar refractivity (Wildman–Crippen MR) is 122 cm³/mol. The van der Waals surface area contributed by atoms with Gasteiger partial charge in [-0.05, 0) is 29.3 Å². The van der Waals surface area contributed by atoms with Gasteiger partial charge in [-0.25, -0.2) is 0 Å². The zero-order valence-corrected chi connectivity index (χ0v) is 18.0. The molecule has 1 aromatic heterocycles. The zero-order chi connectivity index (χ0) is 22.5. The molecule has 5 rings (SSSR count). The van der Waals surface area contributed by atoms with Gasteiger partial charge in [0.05, 0.1) is 6.42 Å². The van der Waals surface area contributed by atoms with Crippen LogP contribution in [-0.2, 0) is 16.1 Å². The van der Waals surface area contributed by atoms with Crippen molar-refractivity contribution in [3.63, 3.8) is 0 Å². The molecule has 0 N–H and O–H groups in total. The Labute approximate surface area is 191 Å². The first-order chi connectivity index (χ1) is 16.3. The number of hydrogen-bond donors (Lipinski definition) is 0. The van der Waals surface area contributed by atoms with E-state index in [4.69, 9.17) is 18.7 Å². The van der Waals surface area contributed by atoms with E-state index in [0.29, 0.717) is 36.2 Å². The molecule has 0 spiro atoms. The molecule has 1 aliphatic heterocycles. The van der Waals surface area contributed by atoms with Gasteiger partial charge in [0.15, 0.2) is 17.3 Å². The summed E-state index contributed by atoms with van der Waals surface area (Å²) in [6.45, 7) is 1.10. The Kier molecular flexibility index (Phi) is 6.06. The Bertz CT molecular complexity index is 1180. The number of benzene rings is 3. The minimum absolute atomic E-state index is 0.0448. The largest absolute Gasteiger partial charge is 0.486 e. The fraction of sp³-hybridized carbons (Fsp3) is 0.185. The maximum absolute atomic E-state index is 12.7. The lowest BCUT2D eigenvalue weighted by molar-refractivity contribution is -0.145. The lowest BCUT2D eigenvalue weighted by Gasteiger charge is -2.18. The van der Waals surface area contributed by atoms with Crippen molar-refractivity contribution in [1.82, 2.24) is 5.16 Å². The van der Waals surface area contributed by atoms with E-state index in [2.05, 4.69) is 5.16 Å². The van der Waals surface area contributed by atoms with Crippen LogP contribution in [0.25, 0.3) is 11.3 Å². The Balaban J connectivity index is 1.24. The normalized spacial score (nSPS) is 12.5. The van der Waals surface area contributed by atoms with Crippen molar-refractivity contribution >= 4 is 5.97 Å². The van der Waals surface area contributed by atoms with Crippen molar-refractivity contribution in [2.75, 3.05) is 13.2 Å². The molecule has 0 unspecified atom stereocenters. The second-order valence-electron chi connectivity index (χ2n) is 7.78. The highest BCUT2D eigenvalue weighted by Crippen LogP contribution is 2.35. The number of fused-ring (bicyclic) bond motifs is 1.